The van der Waals surface area contributed by atoms with Crippen molar-refractivity contribution in [3.8, 4) is 0 Å². The van der Waals surface area contributed by atoms with Gasteiger partial charge in [-0.1, -0.05) is 12.1 Å². The Labute approximate surface area is 133 Å². The number of nitrogens with one attached hydrogen (secondary N) is 1. The molecule has 0 bridgehead atoms. The van der Waals surface area contributed by atoms with Crippen molar-refractivity contribution in [1.82, 2.24) is 10.2 Å². The molecular weight excluding hydrogens is 321 g/mol. The van der Waals surface area contributed by atoms with Gasteiger partial charge in [0.25, 0.3) is 0 Å². The smallest absolute Gasteiger partial charge is 0.316 e. The molecule has 1 fully saturated rings. The minimum absolute atomic E-state index is 0. The highest BCUT2D eigenvalue weighted by Gasteiger charge is 2.29. The highest BCUT2D eigenvalue weighted by atomic mass is 35.5. The van der Waals surface area contributed by atoms with Crippen molar-refractivity contribution in [2.24, 2.45) is 0 Å². The van der Waals surface area contributed by atoms with Crippen molar-refractivity contribution < 1.29 is 13.2 Å². The maximum absolute atomic E-state index is 12.2. The van der Waals surface area contributed by atoms with Crippen LogP contribution >= 0.6 is 24.2 Å². The average molecular weight is 341 g/mol. The molecule has 21 heavy (non-hydrogen) atoms. The van der Waals surface area contributed by atoms with Gasteiger partial charge in [0.05, 0.1) is 0 Å². The molecule has 1 aromatic carbocycles. The molecule has 2 rings (SSSR count). The minimum atomic E-state index is -4.21. The average Bonchev–Trinajstić information content (AvgIpc) is 2.40. The van der Waals surface area contributed by atoms with Crippen molar-refractivity contribution in [2.45, 2.75) is 35.8 Å². The van der Waals surface area contributed by atoms with E-state index in [4.69, 9.17) is 0 Å². The summed E-state index contributed by atoms with van der Waals surface area (Å²) in [4.78, 5) is 2.59. The highest BCUT2D eigenvalue weighted by molar-refractivity contribution is 8.00. The van der Waals surface area contributed by atoms with Crippen LogP contribution in [0.1, 0.15) is 18.4 Å². The van der Waals surface area contributed by atoms with Gasteiger partial charge in [-0.25, -0.2) is 0 Å². The van der Waals surface area contributed by atoms with E-state index in [1.54, 1.807) is 24.3 Å². The largest absolute Gasteiger partial charge is 0.446 e. The SMILES string of the molecule is CNC1CCCN(Cc2ccc(SC(F)(F)F)cc2)C1.Cl. The van der Waals surface area contributed by atoms with Crippen molar-refractivity contribution in [1.29, 1.82) is 0 Å². The second-order valence-electron chi connectivity index (χ2n) is 5.05. The summed E-state index contributed by atoms with van der Waals surface area (Å²) in [7, 11) is 1.97. The Morgan fingerprint density at radius 3 is 2.52 bits per heavy atom. The molecule has 0 spiro atoms. The Morgan fingerprint density at radius 1 is 1.29 bits per heavy atom. The molecule has 0 radical (unpaired) electrons. The highest BCUT2D eigenvalue weighted by Crippen LogP contribution is 2.36. The van der Waals surface area contributed by atoms with Gasteiger partial charge in [-0.3, -0.25) is 4.90 Å². The molecule has 7 heteroatoms. The van der Waals surface area contributed by atoms with E-state index in [-0.39, 0.29) is 29.1 Å². The van der Waals surface area contributed by atoms with Crippen molar-refractivity contribution in [3.05, 3.63) is 29.8 Å². The van der Waals surface area contributed by atoms with Crippen LogP contribution in [-0.4, -0.2) is 36.6 Å². The molecule has 1 aromatic rings. The third-order valence-electron chi connectivity index (χ3n) is 3.48. The van der Waals surface area contributed by atoms with Gasteiger partial charge in [-0.15, -0.1) is 12.4 Å². The lowest BCUT2D eigenvalue weighted by Gasteiger charge is -2.32. The Morgan fingerprint density at radius 2 is 1.95 bits per heavy atom. The van der Waals surface area contributed by atoms with E-state index >= 15 is 0 Å². The fourth-order valence-corrected chi connectivity index (χ4v) is 3.03. The summed E-state index contributed by atoms with van der Waals surface area (Å²) in [6.07, 6.45) is 2.35. The summed E-state index contributed by atoms with van der Waals surface area (Å²) in [6, 6.07) is 7.19. The number of alkyl halides is 3. The van der Waals surface area contributed by atoms with Gasteiger partial charge < -0.3 is 5.32 Å². The van der Waals surface area contributed by atoms with Crippen LogP contribution in [0.5, 0.6) is 0 Å². The molecule has 0 amide bonds. The quantitative estimate of drug-likeness (QED) is 0.837. The first-order valence-electron chi connectivity index (χ1n) is 6.70. The van der Waals surface area contributed by atoms with Gasteiger partial charge in [0.1, 0.15) is 0 Å². The van der Waals surface area contributed by atoms with Gasteiger partial charge in [-0.05, 0) is 55.9 Å². The first-order valence-corrected chi connectivity index (χ1v) is 7.52. The number of thioether (sulfide) groups is 1. The van der Waals surface area contributed by atoms with E-state index < -0.39 is 5.51 Å². The number of hydrogen-bond donors (Lipinski definition) is 1. The second-order valence-corrected chi connectivity index (χ2v) is 6.19. The number of likely N-dealkylation sites (tertiary alicyclic amines) is 1. The Hall–Kier alpha value is -0.430. The van der Waals surface area contributed by atoms with Crippen LogP contribution < -0.4 is 5.32 Å². The molecule has 1 saturated heterocycles. The predicted octanol–water partition coefficient (Wildman–Crippen LogP) is 3.90. The van der Waals surface area contributed by atoms with Crippen LogP contribution in [0.25, 0.3) is 0 Å². The fraction of sp³-hybridized carbons (Fsp3) is 0.571. The number of benzene rings is 1. The van der Waals surface area contributed by atoms with E-state index in [2.05, 4.69) is 10.2 Å². The molecule has 0 aliphatic carbocycles. The number of piperidine rings is 1. The number of likely N-dealkylation sites (N-methyl/N-ethyl adjacent to an activating group) is 1. The van der Waals surface area contributed by atoms with Crippen LogP contribution in [0, 0.1) is 0 Å². The topological polar surface area (TPSA) is 15.3 Å². The molecule has 120 valence electrons. The molecule has 1 aliphatic heterocycles. The molecule has 0 saturated carbocycles. The van der Waals surface area contributed by atoms with Gasteiger partial charge in [0.2, 0.25) is 0 Å². The van der Waals surface area contributed by atoms with E-state index in [0.29, 0.717) is 6.04 Å². The summed E-state index contributed by atoms with van der Waals surface area (Å²) in [5, 5.41) is 3.28. The summed E-state index contributed by atoms with van der Waals surface area (Å²) >= 11 is -0.0641. The van der Waals surface area contributed by atoms with E-state index in [1.165, 1.54) is 6.42 Å². The first kappa shape index (κ1) is 18.6. The van der Waals surface area contributed by atoms with Gasteiger partial charge in [0.15, 0.2) is 0 Å². The number of hydrogen-bond acceptors (Lipinski definition) is 3. The molecule has 1 unspecified atom stereocenters. The van der Waals surface area contributed by atoms with Crippen molar-refractivity contribution >= 4 is 24.2 Å². The zero-order chi connectivity index (χ0) is 14.6. The summed E-state index contributed by atoms with van der Waals surface area (Å²) in [6.45, 7) is 2.85. The van der Waals surface area contributed by atoms with E-state index in [0.717, 1.165) is 31.6 Å². The van der Waals surface area contributed by atoms with Crippen LogP contribution in [-0.2, 0) is 6.54 Å². The number of nitrogens with zero attached hydrogens (tertiary/aromatic N) is 1. The van der Waals surface area contributed by atoms with Gasteiger partial charge in [0, 0.05) is 24.0 Å². The predicted molar refractivity (Wildman–Crippen MR) is 83.0 cm³/mol. The van der Waals surface area contributed by atoms with Crippen LogP contribution in [0.3, 0.4) is 0 Å². The van der Waals surface area contributed by atoms with Gasteiger partial charge in [-0.2, -0.15) is 13.2 Å². The zero-order valence-electron chi connectivity index (χ0n) is 11.8. The molecular formula is C14H20ClF3N2S. The maximum Gasteiger partial charge on any atom is 0.446 e. The molecule has 1 atom stereocenters. The monoisotopic (exact) mass is 340 g/mol. The summed E-state index contributed by atoms with van der Waals surface area (Å²) in [5.74, 6) is 0. The summed E-state index contributed by atoms with van der Waals surface area (Å²) in [5.41, 5.74) is -3.15. The third-order valence-corrected chi connectivity index (χ3v) is 4.22. The zero-order valence-corrected chi connectivity index (χ0v) is 13.5. The minimum Gasteiger partial charge on any atom is -0.316 e. The maximum atomic E-state index is 12.2. The molecule has 2 nitrogen and oxygen atoms in total. The fourth-order valence-electron chi connectivity index (χ4n) is 2.49. The molecule has 1 aliphatic rings. The van der Waals surface area contributed by atoms with Gasteiger partial charge >= 0.3 is 5.51 Å². The number of rotatable bonds is 4. The van der Waals surface area contributed by atoms with Crippen LogP contribution in [0.2, 0.25) is 0 Å². The molecule has 1 heterocycles. The normalized spacial score (nSPS) is 20.1. The van der Waals surface area contributed by atoms with Crippen molar-refractivity contribution in [2.75, 3.05) is 20.1 Å². The lowest BCUT2D eigenvalue weighted by Crippen LogP contribution is -2.43. The summed E-state index contributed by atoms with van der Waals surface area (Å²) < 4.78 is 36.7. The van der Waals surface area contributed by atoms with Crippen LogP contribution in [0.4, 0.5) is 13.2 Å². The first-order chi connectivity index (χ1) is 9.46. The lowest BCUT2D eigenvalue weighted by atomic mass is 10.1. The molecule has 0 aromatic heterocycles. The lowest BCUT2D eigenvalue weighted by molar-refractivity contribution is -0.0328. The third kappa shape index (κ3) is 6.46. The van der Waals surface area contributed by atoms with Crippen molar-refractivity contribution in [3.63, 3.8) is 0 Å². The number of halogens is 4. The Bertz CT molecular complexity index is 425. The standard InChI is InChI=1S/C14H19F3N2S.ClH/c1-18-12-3-2-8-19(10-12)9-11-4-6-13(7-5-11)20-14(15,16)17;/h4-7,12,18H,2-3,8-10H2,1H3;1H. The Kier molecular flexibility index (Phi) is 7.33. The Balaban J connectivity index is 0.00000220. The molecule has 1 N–H and O–H groups in total. The second kappa shape index (κ2) is 8.27. The van der Waals surface area contributed by atoms with E-state index in [9.17, 15) is 13.2 Å². The van der Waals surface area contributed by atoms with E-state index in [1.807, 2.05) is 7.05 Å². The van der Waals surface area contributed by atoms with Crippen LogP contribution in [0.15, 0.2) is 29.2 Å².